The predicted octanol–water partition coefficient (Wildman–Crippen LogP) is 2.96. The van der Waals surface area contributed by atoms with E-state index in [4.69, 9.17) is 9.57 Å². The second kappa shape index (κ2) is 8.03. The van der Waals surface area contributed by atoms with Gasteiger partial charge in [-0.1, -0.05) is 35.2 Å². The normalized spacial score (nSPS) is 13.4. The Kier molecular flexibility index (Phi) is 6.22. The van der Waals surface area contributed by atoms with E-state index in [1.54, 1.807) is 39.8 Å². The maximum atomic E-state index is 12.3. The summed E-state index contributed by atoms with van der Waals surface area (Å²) in [7, 11) is -3.82. The van der Waals surface area contributed by atoms with Gasteiger partial charge in [-0.25, -0.2) is 13.2 Å². The van der Waals surface area contributed by atoms with Crippen LogP contribution in [0.15, 0.2) is 47.4 Å². The van der Waals surface area contributed by atoms with Gasteiger partial charge in [0.1, 0.15) is 5.60 Å². The lowest BCUT2D eigenvalue weighted by atomic mass is 10.1. The topological polar surface area (TPSA) is 93.7 Å². The van der Waals surface area contributed by atoms with E-state index in [-0.39, 0.29) is 11.5 Å². The highest BCUT2D eigenvalue weighted by Crippen LogP contribution is 2.18. The van der Waals surface area contributed by atoms with Crippen molar-refractivity contribution in [1.29, 1.82) is 0 Å². The van der Waals surface area contributed by atoms with Crippen LogP contribution in [0.1, 0.15) is 27.7 Å². The Balaban J connectivity index is 1.90. The van der Waals surface area contributed by atoms with E-state index in [9.17, 15) is 13.2 Å². The number of carbonyl (C=O) groups is 1. The molecular weight excluding hydrogens is 356 g/mol. The summed E-state index contributed by atoms with van der Waals surface area (Å²) in [6.07, 6.45) is -0.592. The van der Waals surface area contributed by atoms with Crippen molar-refractivity contribution in [2.75, 3.05) is 6.61 Å². The molecule has 8 heteroatoms. The summed E-state index contributed by atoms with van der Waals surface area (Å²) in [5.41, 5.74) is -0.609. The zero-order valence-electron chi connectivity index (χ0n) is 15.3. The molecule has 2 aromatic carbocycles. The van der Waals surface area contributed by atoms with Crippen LogP contribution in [0.25, 0.3) is 10.8 Å². The van der Waals surface area contributed by atoms with E-state index in [0.717, 1.165) is 10.8 Å². The standard InChI is InChI=1S/C18H24N2O5S/c1-13(19-17(21)25-18(2,3)4)12-24-20-26(22,23)16-10-9-14-7-5-6-8-15(14)11-16/h5-11,13,20H,12H2,1-4H3,(H,19,21). The number of ether oxygens (including phenoxy) is 1. The van der Waals surface area contributed by atoms with Crippen molar-refractivity contribution in [3.05, 3.63) is 42.5 Å². The highest BCUT2D eigenvalue weighted by atomic mass is 32.2. The van der Waals surface area contributed by atoms with Crippen molar-refractivity contribution < 1.29 is 22.8 Å². The minimum absolute atomic E-state index is 0.0495. The maximum absolute atomic E-state index is 12.3. The second-order valence-corrected chi connectivity index (χ2v) is 8.60. The first kappa shape index (κ1) is 20.2. The van der Waals surface area contributed by atoms with Crippen molar-refractivity contribution in [1.82, 2.24) is 10.2 Å². The fraction of sp³-hybridized carbons (Fsp3) is 0.389. The first-order valence-electron chi connectivity index (χ1n) is 8.19. The van der Waals surface area contributed by atoms with Crippen LogP contribution < -0.4 is 10.2 Å². The summed E-state index contributed by atoms with van der Waals surface area (Å²) in [6, 6.07) is 11.8. The Hall–Kier alpha value is -2.16. The molecule has 0 heterocycles. The first-order chi connectivity index (χ1) is 12.1. The van der Waals surface area contributed by atoms with Crippen LogP contribution in [0, 0.1) is 0 Å². The Morgan fingerprint density at radius 2 is 1.77 bits per heavy atom. The van der Waals surface area contributed by atoms with Gasteiger partial charge in [-0.15, -0.1) is 0 Å². The van der Waals surface area contributed by atoms with E-state index in [0.29, 0.717) is 0 Å². The van der Waals surface area contributed by atoms with Crippen molar-refractivity contribution in [3.63, 3.8) is 0 Å². The molecule has 0 fully saturated rings. The van der Waals surface area contributed by atoms with Crippen LogP contribution in [0.3, 0.4) is 0 Å². The molecule has 2 rings (SSSR count). The van der Waals surface area contributed by atoms with Crippen LogP contribution in [-0.4, -0.2) is 32.8 Å². The molecule has 0 saturated carbocycles. The summed E-state index contributed by atoms with van der Waals surface area (Å²) < 4.78 is 29.8. The molecule has 2 aromatic rings. The molecule has 0 aromatic heterocycles. The molecule has 1 amide bonds. The Labute approximate surface area is 153 Å². The smallest absolute Gasteiger partial charge is 0.407 e. The molecule has 7 nitrogen and oxygen atoms in total. The van der Waals surface area contributed by atoms with Crippen LogP contribution in [-0.2, 0) is 19.6 Å². The average molecular weight is 380 g/mol. The molecule has 1 atom stereocenters. The van der Waals surface area contributed by atoms with Gasteiger partial charge in [0.15, 0.2) is 0 Å². The van der Waals surface area contributed by atoms with E-state index >= 15 is 0 Å². The summed E-state index contributed by atoms with van der Waals surface area (Å²) in [5.74, 6) is 0. The van der Waals surface area contributed by atoms with Gasteiger partial charge in [0, 0.05) is 0 Å². The largest absolute Gasteiger partial charge is 0.444 e. The summed E-state index contributed by atoms with van der Waals surface area (Å²) in [5, 5.41) is 4.33. The predicted molar refractivity (Wildman–Crippen MR) is 99.1 cm³/mol. The van der Waals surface area contributed by atoms with Crippen LogP contribution in [0.4, 0.5) is 4.79 Å². The van der Waals surface area contributed by atoms with E-state index in [1.165, 1.54) is 6.07 Å². The highest BCUT2D eigenvalue weighted by molar-refractivity contribution is 7.89. The van der Waals surface area contributed by atoms with Crippen LogP contribution in [0.5, 0.6) is 0 Å². The number of hydrogen-bond acceptors (Lipinski definition) is 5. The van der Waals surface area contributed by atoms with Gasteiger partial charge >= 0.3 is 6.09 Å². The number of benzene rings is 2. The summed E-state index contributed by atoms with van der Waals surface area (Å²) in [4.78, 5) is 18.9. The van der Waals surface area contributed by atoms with Gasteiger partial charge in [-0.3, -0.25) is 4.84 Å². The third-order valence-corrected chi connectivity index (χ3v) is 4.51. The zero-order valence-corrected chi connectivity index (χ0v) is 16.1. The van der Waals surface area contributed by atoms with Gasteiger partial charge in [0.2, 0.25) is 0 Å². The molecule has 0 aliphatic carbocycles. The van der Waals surface area contributed by atoms with Crippen LogP contribution >= 0.6 is 0 Å². The molecule has 0 aliphatic rings. The van der Waals surface area contributed by atoms with Gasteiger partial charge in [0.05, 0.1) is 17.5 Å². The second-order valence-electron chi connectivity index (χ2n) is 6.95. The van der Waals surface area contributed by atoms with Gasteiger partial charge in [0.25, 0.3) is 10.0 Å². The van der Waals surface area contributed by atoms with Gasteiger partial charge in [-0.2, -0.15) is 0 Å². The summed E-state index contributed by atoms with van der Waals surface area (Å²) >= 11 is 0. The molecule has 0 radical (unpaired) electrons. The number of sulfonamides is 1. The third-order valence-electron chi connectivity index (χ3n) is 3.30. The molecular formula is C18H24N2O5S. The van der Waals surface area contributed by atoms with E-state index < -0.39 is 27.8 Å². The lowest BCUT2D eigenvalue weighted by molar-refractivity contribution is 0.0407. The van der Waals surface area contributed by atoms with E-state index in [2.05, 4.69) is 10.2 Å². The van der Waals surface area contributed by atoms with Crippen molar-refractivity contribution in [2.24, 2.45) is 0 Å². The van der Waals surface area contributed by atoms with Crippen molar-refractivity contribution >= 4 is 26.9 Å². The first-order valence-corrected chi connectivity index (χ1v) is 9.67. The molecule has 2 N–H and O–H groups in total. The fourth-order valence-corrected chi connectivity index (χ4v) is 3.02. The van der Waals surface area contributed by atoms with Crippen molar-refractivity contribution in [2.45, 2.75) is 44.2 Å². The number of hydrogen-bond donors (Lipinski definition) is 2. The molecule has 0 spiro atoms. The Morgan fingerprint density at radius 3 is 2.42 bits per heavy atom. The average Bonchev–Trinajstić information content (AvgIpc) is 2.52. The van der Waals surface area contributed by atoms with Crippen molar-refractivity contribution in [3.8, 4) is 0 Å². The number of alkyl carbamates (subject to hydrolysis) is 1. The lowest BCUT2D eigenvalue weighted by Crippen LogP contribution is -2.41. The minimum atomic E-state index is -3.82. The van der Waals surface area contributed by atoms with Gasteiger partial charge in [-0.05, 0) is 50.6 Å². The maximum Gasteiger partial charge on any atom is 0.407 e. The summed E-state index contributed by atoms with van der Waals surface area (Å²) in [6.45, 7) is 6.89. The quantitative estimate of drug-likeness (QED) is 0.752. The Bertz CT molecular complexity index is 875. The number of amides is 1. The fourth-order valence-electron chi connectivity index (χ4n) is 2.17. The van der Waals surface area contributed by atoms with Gasteiger partial charge < -0.3 is 10.1 Å². The minimum Gasteiger partial charge on any atom is -0.444 e. The SMILES string of the molecule is CC(CONS(=O)(=O)c1ccc2ccccc2c1)NC(=O)OC(C)(C)C. The lowest BCUT2D eigenvalue weighted by Gasteiger charge is -2.21. The molecule has 142 valence electrons. The van der Waals surface area contributed by atoms with E-state index in [1.807, 2.05) is 24.3 Å². The molecule has 0 aliphatic heterocycles. The highest BCUT2D eigenvalue weighted by Gasteiger charge is 2.19. The zero-order chi connectivity index (χ0) is 19.4. The molecule has 0 saturated heterocycles. The third kappa shape index (κ3) is 5.98. The molecule has 1 unspecified atom stereocenters. The monoisotopic (exact) mass is 380 g/mol. The Morgan fingerprint density at radius 1 is 1.12 bits per heavy atom. The van der Waals surface area contributed by atoms with Crippen LogP contribution in [0.2, 0.25) is 0 Å². The number of rotatable bonds is 6. The number of nitrogens with one attached hydrogen (secondary N) is 2. The molecule has 26 heavy (non-hydrogen) atoms. The number of carbonyl (C=O) groups excluding carboxylic acids is 1. The molecule has 0 bridgehead atoms. The number of fused-ring (bicyclic) bond motifs is 1.